The summed E-state index contributed by atoms with van der Waals surface area (Å²) < 4.78 is 5.18. The van der Waals surface area contributed by atoms with Crippen LogP contribution >= 0.6 is 11.3 Å². The van der Waals surface area contributed by atoms with Crippen molar-refractivity contribution in [2.45, 2.75) is 26.5 Å². The van der Waals surface area contributed by atoms with Gasteiger partial charge < -0.3 is 15.8 Å². The second-order valence-corrected chi connectivity index (χ2v) is 5.02. The van der Waals surface area contributed by atoms with Crippen LogP contribution in [0.1, 0.15) is 15.3 Å². The van der Waals surface area contributed by atoms with Crippen LogP contribution in [0.25, 0.3) is 0 Å². The highest BCUT2D eigenvalue weighted by Gasteiger charge is 2.05. The predicted octanol–water partition coefficient (Wildman–Crippen LogP) is 1.43. The molecule has 1 heterocycles. The van der Waals surface area contributed by atoms with Crippen LogP contribution in [-0.4, -0.2) is 26.3 Å². The summed E-state index contributed by atoms with van der Waals surface area (Å²) in [7, 11) is 1.69. The quantitative estimate of drug-likeness (QED) is 0.774. The van der Waals surface area contributed by atoms with E-state index in [9.17, 15) is 0 Å². The van der Waals surface area contributed by atoms with Crippen LogP contribution < -0.4 is 11.1 Å². The van der Waals surface area contributed by atoms with Gasteiger partial charge in [-0.05, 0) is 25.5 Å². The van der Waals surface area contributed by atoms with E-state index in [1.165, 1.54) is 15.3 Å². The molecular weight excluding hydrogens is 208 g/mol. The molecule has 1 rings (SSSR count). The highest BCUT2D eigenvalue weighted by Crippen LogP contribution is 2.20. The standard InChI is InChI=1S/C11H20N2OS/c1-8-4-11(15-9(8)2)7-13-6-10(5-12)14-3/h4,10,13H,5-7,12H2,1-3H3. The molecule has 0 saturated heterocycles. The van der Waals surface area contributed by atoms with Gasteiger partial charge in [-0.1, -0.05) is 0 Å². The van der Waals surface area contributed by atoms with Crippen LogP contribution in [0, 0.1) is 13.8 Å². The minimum Gasteiger partial charge on any atom is -0.379 e. The average Bonchev–Trinajstić information content (AvgIpc) is 2.53. The van der Waals surface area contributed by atoms with Gasteiger partial charge in [0.15, 0.2) is 0 Å². The number of nitrogens with one attached hydrogen (secondary N) is 1. The molecule has 0 fully saturated rings. The lowest BCUT2D eigenvalue weighted by atomic mass is 10.3. The molecule has 0 radical (unpaired) electrons. The van der Waals surface area contributed by atoms with Gasteiger partial charge in [0.25, 0.3) is 0 Å². The van der Waals surface area contributed by atoms with Gasteiger partial charge in [-0.25, -0.2) is 0 Å². The Labute approximate surface area is 95.6 Å². The fourth-order valence-corrected chi connectivity index (χ4v) is 2.38. The number of thiophene rings is 1. The minimum absolute atomic E-state index is 0.118. The maximum atomic E-state index is 5.53. The van der Waals surface area contributed by atoms with Gasteiger partial charge in [0.1, 0.15) is 0 Å². The third kappa shape index (κ3) is 3.91. The van der Waals surface area contributed by atoms with Gasteiger partial charge in [0.05, 0.1) is 6.10 Å². The second-order valence-electron chi connectivity index (χ2n) is 3.68. The topological polar surface area (TPSA) is 47.3 Å². The fraction of sp³-hybridized carbons (Fsp3) is 0.636. The summed E-state index contributed by atoms with van der Waals surface area (Å²) in [6, 6.07) is 2.23. The maximum absolute atomic E-state index is 5.53. The molecule has 1 aromatic heterocycles. The molecule has 0 spiro atoms. The first kappa shape index (κ1) is 12.6. The summed E-state index contributed by atoms with van der Waals surface area (Å²) in [6.45, 7) is 6.57. The third-order valence-electron chi connectivity index (χ3n) is 2.48. The predicted molar refractivity (Wildman–Crippen MR) is 65.4 cm³/mol. The van der Waals surface area contributed by atoms with Crippen molar-refractivity contribution in [3.63, 3.8) is 0 Å². The molecule has 4 heteroatoms. The van der Waals surface area contributed by atoms with Crippen molar-refractivity contribution in [1.29, 1.82) is 0 Å². The van der Waals surface area contributed by atoms with Crippen LogP contribution in [0.15, 0.2) is 6.07 Å². The number of nitrogens with two attached hydrogens (primary N) is 1. The van der Waals surface area contributed by atoms with Gasteiger partial charge in [-0.2, -0.15) is 0 Å². The van der Waals surface area contributed by atoms with E-state index in [1.54, 1.807) is 7.11 Å². The Balaban J connectivity index is 2.31. The van der Waals surface area contributed by atoms with Crippen LogP contribution in [0.2, 0.25) is 0 Å². The molecule has 15 heavy (non-hydrogen) atoms. The van der Waals surface area contributed by atoms with Gasteiger partial charge >= 0.3 is 0 Å². The SMILES string of the molecule is COC(CN)CNCc1cc(C)c(C)s1. The Kier molecular flexibility index (Phi) is 5.25. The molecule has 3 N–H and O–H groups in total. The van der Waals surface area contributed by atoms with Gasteiger partial charge in [-0.3, -0.25) is 0 Å². The summed E-state index contributed by atoms with van der Waals surface area (Å²) >= 11 is 1.85. The first-order valence-corrected chi connectivity index (χ1v) is 5.98. The van der Waals surface area contributed by atoms with Crippen molar-refractivity contribution in [3.05, 3.63) is 21.4 Å². The normalized spacial score (nSPS) is 13.1. The average molecular weight is 228 g/mol. The highest BCUT2D eigenvalue weighted by atomic mass is 32.1. The number of rotatable bonds is 6. The second kappa shape index (κ2) is 6.23. The number of aryl methyl sites for hydroxylation is 2. The monoisotopic (exact) mass is 228 g/mol. The summed E-state index contributed by atoms with van der Waals surface area (Å²) in [5.74, 6) is 0. The molecule has 1 atom stereocenters. The molecular formula is C11H20N2OS. The van der Waals surface area contributed by atoms with Crippen molar-refractivity contribution in [1.82, 2.24) is 5.32 Å². The molecule has 3 nitrogen and oxygen atoms in total. The van der Waals surface area contributed by atoms with E-state index in [4.69, 9.17) is 10.5 Å². The molecule has 0 aliphatic heterocycles. The Hall–Kier alpha value is -0.420. The highest BCUT2D eigenvalue weighted by molar-refractivity contribution is 7.12. The van der Waals surface area contributed by atoms with E-state index in [0.29, 0.717) is 6.54 Å². The fourth-order valence-electron chi connectivity index (χ4n) is 1.36. The van der Waals surface area contributed by atoms with Gasteiger partial charge in [0.2, 0.25) is 0 Å². The van der Waals surface area contributed by atoms with Crippen LogP contribution in [0.4, 0.5) is 0 Å². The molecule has 0 bridgehead atoms. The van der Waals surface area contributed by atoms with Crippen LogP contribution in [0.5, 0.6) is 0 Å². The Morgan fingerprint density at radius 2 is 2.27 bits per heavy atom. The molecule has 86 valence electrons. The zero-order valence-corrected chi connectivity index (χ0v) is 10.5. The van der Waals surface area contributed by atoms with Crippen molar-refractivity contribution >= 4 is 11.3 Å². The summed E-state index contributed by atoms with van der Waals surface area (Å²) in [5, 5.41) is 3.35. The van der Waals surface area contributed by atoms with E-state index < -0.39 is 0 Å². The van der Waals surface area contributed by atoms with Crippen molar-refractivity contribution in [3.8, 4) is 0 Å². The van der Waals surface area contributed by atoms with Crippen molar-refractivity contribution < 1.29 is 4.74 Å². The number of hydrogen-bond donors (Lipinski definition) is 2. The zero-order chi connectivity index (χ0) is 11.3. The molecule has 1 aromatic rings. The zero-order valence-electron chi connectivity index (χ0n) is 9.67. The lowest BCUT2D eigenvalue weighted by Crippen LogP contribution is -2.33. The largest absolute Gasteiger partial charge is 0.379 e. The number of ether oxygens (including phenoxy) is 1. The van der Waals surface area contributed by atoms with E-state index in [0.717, 1.165) is 13.1 Å². The maximum Gasteiger partial charge on any atom is 0.0817 e. The number of hydrogen-bond acceptors (Lipinski definition) is 4. The molecule has 0 saturated carbocycles. The summed E-state index contributed by atoms with van der Waals surface area (Å²) in [6.07, 6.45) is 0.118. The van der Waals surface area contributed by atoms with Gasteiger partial charge in [0, 0.05) is 36.5 Å². The van der Waals surface area contributed by atoms with E-state index >= 15 is 0 Å². The van der Waals surface area contributed by atoms with E-state index in [1.807, 2.05) is 11.3 Å². The van der Waals surface area contributed by atoms with Crippen LogP contribution in [0.3, 0.4) is 0 Å². The van der Waals surface area contributed by atoms with Gasteiger partial charge in [-0.15, -0.1) is 11.3 Å². The molecule has 1 unspecified atom stereocenters. The first-order chi connectivity index (χ1) is 7.17. The lowest BCUT2D eigenvalue weighted by Gasteiger charge is -2.12. The molecule has 0 aliphatic carbocycles. The Bertz CT molecular complexity index is 275. The molecule has 0 aromatic carbocycles. The molecule has 0 aliphatic rings. The van der Waals surface area contributed by atoms with E-state index in [2.05, 4.69) is 25.2 Å². The molecule has 0 amide bonds. The van der Waals surface area contributed by atoms with Crippen molar-refractivity contribution in [2.75, 3.05) is 20.2 Å². The number of methoxy groups -OCH3 is 1. The first-order valence-electron chi connectivity index (χ1n) is 5.16. The summed E-state index contributed by atoms with van der Waals surface area (Å²) in [5.41, 5.74) is 6.90. The Morgan fingerprint density at radius 1 is 1.53 bits per heavy atom. The summed E-state index contributed by atoms with van der Waals surface area (Å²) in [4.78, 5) is 2.77. The van der Waals surface area contributed by atoms with Crippen molar-refractivity contribution in [2.24, 2.45) is 5.73 Å². The minimum atomic E-state index is 0.118. The smallest absolute Gasteiger partial charge is 0.0817 e. The van der Waals surface area contributed by atoms with Crippen LogP contribution in [-0.2, 0) is 11.3 Å². The lowest BCUT2D eigenvalue weighted by molar-refractivity contribution is 0.108. The Morgan fingerprint density at radius 3 is 2.73 bits per heavy atom. The van der Waals surface area contributed by atoms with E-state index in [-0.39, 0.29) is 6.10 Å². The third-order valence-corrected chi connectivity index (χ3v) is 3.64.